The molecular formula is C27H25NO2. The Labute approximate surface area is 176 Å². The van der Waals surface area contributed by atoms with Crippen molar-refractivity contribution in [2.75, 3.05) is 7.11 Å². The fourth-order valence-corrected chi connectivity index (χ4v) is 4.43. The number of pyridine rings is 1. The van der Waals surface area contributed by atoms with E-state index in [1.54, 1.807) is 7.11 Å². The lowest BCUT2D eigenvalue weighted by atomic mass is 9.99. The van der Waals surface area contributed by atoms with Gasteiger partial charge in [0.15, 0.2) is 0 Å². The van der Waals surface area contributed by atoms with Crippen LogP contribution in [0.5, 0.6) is 5.75 Å². The van der Waals surface area contributed by atoms with Gasteiger partial charge in [0, 0.05) is 18.2 Å². The number of nitrogens with zero attached hydrogens (tertiary/aromatic N) is 1. The van der Waals surface area contributed by atoms with Crippen LogP contribution in [0.25, 0.3) is 27.7 Å². The van der Waals surface area contributed by atoms with E-state index >= 15 is 0 Å². The molecule has 5 rings (SSSR count). The maximum atomic E-state index is 5.98. The Balaban J connectivity index is 1.53. The summed E-state index contributed by atoms with van der Waals surface area (Å²) in [4.78, 5) is 0. The van der Waals surface area contributed by atoms with Crippen LogP contribution in [-0.4, -0.2) is 11.5 Å². The fraction of sp³-hybridized carbons (Fsp3) is 0.185. The van der Waals surface area contributed by atoms with Crippen LogP contribution < -0.4 is 4.74 Å². The van der Waals surface area contributed by atoms with E-state index in [1.165, 1.54) is 44.4 Å². The third-order valence-corrected chi connectivity index (χ3v) is 5.78. The summed E-state index contributed by atoms with van der Waals surface area (Å²) < 4.78 is 13.8. The SMILES string of the molecule is CCc1c(-c2ccc(OCc3ccccc3)cc2)c2cc(COC)c3cccc1n32. The van der Waals surface area contributed by atoms with E-state index in [0.717, 1.165) is 12.2 Å². The molecule has 0 radical (unpaired) electrons. The smallest absolute Gasteiger partial charge is 0.119 e. The van der Waals surface area contributed by atoms with Gasteiger partial charge in [0.05, 0.1) is 23.2 Å². The summed E-state index contributed by atoms with van der Waals surface area (Å²) in [5.74, 6) is 0.886. The Bertz CT molecular complexity index is 1270. The first-order valence-corrected chi connectivity index (χ1v) is 10.4. The zero-order chi connectivity index (χ0) is 20.5. The van der Waals surface area contributed by atoms with Crippen molar-refractivity contribution in [2.24, 2.45) is 0 Å². The molecule has 0 N–H and O–H groups in total. The van der Waals surface area contributed by atoms with Gasteiger partial charge in [-0.3, -0.25) is 0 Å². The van der Waals surface area contributed by atoms with Crippen LogP contribution in [0.4, 0.5) is 0 Å². The lowest BCUT2D eigenvalue weighted by Crippen LogP contribution is -1.94. The van der Waals surface area contributed by atoms with Crippen LogP contribution in [0.1, 0.15) is 23.6 Å². The second kappa shape index (κ2) is 7.85. The minimum Gasteiger partial charge on any atom is -0.489 e. The van der Waals surface area contributed by atoms with Crippen molar-refractivity contribution < 1.29 is 9.47 Å². The van der Waals surface area contributed by atoms with Crippen molar-refractivity contribution in [1.82, 2.24) is 4.40 Å². The quantitative estimate of drug-likeness (QED) is 0.314. The third-order valence-electron chi connectivity index (χ3n) is 5.78. The number of hydrogen-bond donors (Lipinski definition) is 0. The maximum absolute atomic E-state index is 5.98. The molecule has 30 heavy (non-hydrogen) atoms. The monoisotopic (exact) mass is 395 g/mol. The highest BCUT2D eigenvalue weighted by atomic mass is 16.5. The van der Waals surface area contributed by atoms with Gasteiger partial charge in [0.2, 0.25) is 0 Å². The summed E-state index contributed by atoms with van der Waals surface area (Å²) in [6.07, 6.45) is 0.988. The summed E-state index contributed by atoms with van der Waals surface area (Å²) in [7, 11) is 1.75. The van der Waals surface area contributed by atoms with E-state index in [9.17, 15) is 0 Å². The van der Waals surface area contributed by atoms with E-state index < -0.39 is 0 Å². The highest BCUT2D eigenvalue weighted by Crippen LogP contribution is 2.39. The maximum Gasteiger partial charge on any atom is 0.119 e. The minimum absolute atomic E-state index is 0.578. The van der Waals surface area contributed by atoms with Gasteiger partial charge in [0.1, 0.15) is 12.4 Å². The van der Waals surface area contributed by atoms with Crippen LogP contribution in [0.15, 0.2) is 78.9 Å². The van der Waals surface area contributed by atoms with E-state index in [-0.39, 0.29) is 0 Å². The highest BCUT2D eigenvalue weighted by Gasteiger charge is 2.20. The van der Waals surface area contributed by atoms with Gasteiger partial charge in [-0.2, -0.15) is 0 Å². The summed E-state index contributed by atoms with van der Waals surface area (Å²) in [6.45, 7) is 3.43. The van der Waals surface area contributed by atoms with Gasteiger partial charge in [-0.05, 0) is 53.4 Å². The Kier molecular flexibility index (Phi) is 4.89. The molecule has 150 valence electrons. The Morgan fingerprint density at radius 3 is 2.27 bits per heavy atom. The average molecular weight is 396 g/mol. The number of rotatable bonds is 7. The van der Waals surface area contributed by atoms with Gasteiger partial charge < -0.3 is 13.9 Å². The second-order valence-corrected chi connectivity index (χ2v) is 7.63. The lowest BCUT2D eigenvalue weighted by molar-refractivity contribution is 0.186. The normalized spacial score (nSPS) is 11.5. The van der Waals surface area contributed by atoms with Gasteiger partial charge in [-0.25, -0.2) is 0 Å². The van der Waals surface area contributed by atoms with Crippen molar-refractivity contribution in [2.45, 2.75) is 26.6 Å². The van der Waals surface area contributed by atoms with Gasteiger partial charge in [0.25, 0.3) is 0 Å². The van der Waals surface area contributed by atoms with Crippen molar-refractivity contribution >= 4 is 16.6 Å². The molecule has 0 aliphatic rings. The van der Waals surface area contributed by atoms with Gasteiger partial charge >= 0.3 is 0 Å². The fourth-order valence-electron chi connectivity index (χ4n) is 4.43. The topological polar surface area (TPSA) is 22.9 Å². The Morgan fingerprint density at radius 2 is 1.53 bits per heavy atom. The largest absolute Gasteiger partial charge is 0.489 e. The molecule has 0 amide bonds. The molecule has 0 fully saturated rings. The molecule has 0 bridgehead atoms. The number of aryl methyl sites for hydroxylation is 1. The van der Waals surface area contributed by atoms with Crippen LogP contribution in [-0.2, 0) is 24.4 Å². The summed E-state index contributed by atoms with van der Waals surface area (Å²) in [6, 6.07) is 27.6. The first-order chi connectivity index (χ1) is 14.8. The molecule has 0 unspecified atom stereocenters. The molecule has 0 aliphatic heterocycles. The average Bonchev–Trinajstić information content (AvgIpc) is 3.32. The molecule has 5 aromatic rings. The first-order valence-electron chi connectivity index (χ1n) is 10.4. The minimum atomic E-state index is 0.578. The Hall–Kier alpha value is -3.30. The second-order valence-electron chi connectivity index (χ2n) is 7.63. The van der Waals surface area contributed by atoms with Gasteiger partial charge in [-0.1, -0.05) is 55.5 Å². The number of methoxy groups -OCH3 is 1. The molecule has 0 atom stereocenters. The van der Waals surface area contributed by atoms with Crippen molar-refractivity contribution in [1.29, 1.82) is 0 Å². The van der Waals surface area contributed by atoms with Gasteiger partial charge in [-0.15, -0.1) is 0 Å². The zero-order valence-corrected chi connectivity index (χ0v) is 17.4. The molecule has 0 aliphatic carbocycles. The van der Waals surface area contributed by atoms with E-state index in [1.807, 2.05) is 18.2 Å². The number of hydrogen-bond acceptors (Lipinski definition) is 2. The van der Waals surface area contributed by atoms with Crippen LogP contribution >= 0.6 is 0 Å². The van der Waals surface area contributed by atoms with E-state index in [2.05, 4.69) is 72.0 Å². The Morgan fingerprint density at radius 1 is 0.767 bits per heavy atom. The molecule has 3 aromatic heterocycles. The summed E-state index contributed by atoms with van der Waals surface area (Å²) in [5, 5.41) is 0. The van der Waals surface area contributed by atoms with Crippen LogP contribution in [0.2, 0.25) is 0 Å². The molecule has 3 heteroatoms. The molecule has 3 heterocycles. The van der Waals surface area contributed by atoms with Crippen LogP contribution in [0, 0.1) is 0 Å². The van der Waals surface area contributed by atoms with E-state index in [4.69, 9.17) is 9.47 Å². The van der Waals surface area contributed by atoms with E-state index in [0.29, 0.717) is 13.2 Å². The molecule has 0 saturated heterocycles. The predicted molar refractivity (Wildman–Crippen MR) is 122 cm³/mol. The summed E-state index contributed by atoms with van der Waals surface area (Å²) in [5.41, 5.74) is 10.1. The lowest BCUT2D eigenvalue weighted by Gasteiger charge is -2.08. The number of aromatic nitrogens is 1. The van der Waals surface area contributed by atoms with Crippen molar-refractivity contribution in [3.63, 3.8) is 0 Å². The van der Waals surface area contributed by atoms with Crippen molar-refractivity contribution in [3.8, 4) is 16.9 Å². The third kappa shape index (κ3) is 3.12. The molecular weight excluding hydrogens is 370 g/mol. The summed E-state index contributed by atoms with van der Waals surface area (Å²) >= 11 is 0. The van der Waals surface area contributed by atoms with Crippen molar-refractivity contribution in [3.05, 3.63) is 95.6 Å². The predicted octanol–water partition coefficient (Wildman–Crippen LogP) is 6.49. The zero-order valence-electron chi connectivity index (χ0n) is 17.4. The molecule has 0 saturated carbocycles. The molecule has 2 aromatic carbocycles. The number of benzene rings is 2. The molecule has 3 nitrogen and oxygen atoms in total. The first kappa shape index (κ1) is 18.7. The molecule has 0 spiro atoms. The standard InChI is InChI=1S/C27H25NO2/c1-3-23-25-11-7-10-24-21(18-29-2)16-26(28(24)25)27(23)20-12-14-22(15-13-20)30-17-19-8-5-4-6-9-19/h4-16H,3,17-18H2,1-2H3. The number of ether oxygens (including phenoxy) is 2. The van der Waals surface area contributed by atoms with Crippen LogP contribution in [0.3, 0.4) is 0 Å². The highest BCUT2D eigenvalue weighted by molar-refractivity contribution is 5.96.